The van der Waals surface area contributed by atoms with Gasteiger partial charge in [0.15, 0.2) is 5.25 Å². The van der Waals surface area contributed by atoms with Gasteiger partial charge in [-0.05, 0) is 38.0 Å². The molecule has 5 heteroatoms. The molecule has 0 bridgehead atoms. The number of hydrogen-bond donors (Lipinski definition) is 1. The fourth-order valence-corrected chi connectivity index (χ4v) is 3.34. The molecule has 1 rings (SSSR count). The number of nitriles is 1. The Bertz CT molecular complexity index is 372. The molecule has 0 amide bonds. The van der Waals surface area contributed by atoms with Crippen molar-refractivity contribution in [1.82, 2.24) is 4.72 Å². The molecule has 1 saturated carbocycles. The molecule has 0 saturated heterocycles. The highest BCUT2D eigenvalue weighted by atomic mass is 32.2. The highest BCUT2D eigenvalue weighted by molar-refractivity contribution is 7.90. The van der Waals surface area contributed by atoms with Crippen molar-refractivity contribution >= 4 is 10.0 Å². The smallest absolute Gasteiger partial charge is 0.211 e. The lowest BCUT2D eigenvalue weighted by atomic mass is 9.80. The summed E-state index contributed by atoms with van der Waals surface area (Å²) in [6, 6.07) is 1.77. The summed E-state index contributed by atoms with van der Waals surface area (Å²) in [5.74, 6) is 1.02. The highest BCUT2D eigenvalue weighted by Crippen LogP contribution is 2.29. The predicted molar refractivity (Wildman–Crippen MR) is 63.1 cm³/mol. The van der Waals surface area contributed by atoms with Crippen LogP contribution in [0.25, 0.3) is 0 Å². The molecule has 16 heavy (non-hydrogen) atoms. The van der Waals surface area contributed by atoms with Crippen LogP contribution in [0.2, 0.25) is 0 Å². The van der Waals surface area contributed by atoms with Gasteiger partial charge >= 0.3 is 0 Å². The van der Waals surface area contributed by atoms with E-state index in [0.29, 0.717) is 11.8 Å². The van der Waals surface area contributed by atoms with E-state index in [9.17, 15) is 8.42 Å². The lowest BCUT2D eigenvalue weighted by Crippen LogP contribution is -2.45. The Morgan fingerprint density at radius 2 is 2.00 bits per heavy atom. The highest BCUT2D eigenvalue weighted by Gasteiger charge is 2.30. The first-order valence-electron chi connectivity index (χ1n) is 5.77. The number of rotatable bonds is 3. The maximum absolute atomic E-state index is 11.7. The van der Waals surface area contributed by atoms with Gasteiger partial charge in [0.25, 0.3) is 0 Å². The molecule has 4 nitrogen and oxygen atoms in total. The molecular weight excluding hydrogens is 224 g/mol. The molecule has 0 radical (unpaired) electrons. The summed E-state index contributed by atoms with van der Waals surface area (Å²) in [6.45, 7) is 5.68. The largest absolute Gasteiger partial charge is 0.227 e. The second-order valence-corrected chi connectivity index (χ2v) is 6.97. The molecule has 92 valence electrons. The predicted octanol–water partition coefficient (Wildman–Crippen LogP) is 1.64. The molecule has 1 fully saturated rings. The first-order chi connectivity index (χ1) is 7.36. The van der Waals surface area contributed by atoms with Gasteiger partial charge in [0.1, 0.15) is 0 Å². The lowest BCUT2D eigenvalue weighted by Gasteiger charge is -2.33. The molecule has 4 unspecified atom stereocenters. The van der Waals surface area contributed by atoms with Gasteiger partial charge in [-0.1, -0.05) is 13.8 Å². The summed E-state index contributed by atoms with van der Waals surface area (Å²) in [7, 11) is -3.47. The minimum absolute atomic E-state index is 0.00278. The topological polar surface area (TPSA) is 70.0 Å². The van der Waals surface area contributed by atoms with Crippen molar-refractivity contribution in [2.24, 2.45) is 11.8 Å². The maximum atomic E-state index is 11.7. The summed E-state index contributed by atoms with van der Waals surface area (Å²) >= 11 is 0. The minimum Gasteiger partial charge on any atom is -0.211 e. The zero-order valence-corrected chi connectivity index (χ0v) is 10.9. The van der Waals surface area contributed by atoms with E-state index in [1.54, 1.807) is 6.07 Å². The van der Waals surface area contributed by atoms with E-state index in [1.807, 2.05) is 0 Å². The van der Waals surface area contributed by atoms with Crippen LogP contribution in [-0.2, 0) is 10.0 Å². The van der Waals surface area contributed by atoms with Gasteiger partial charge in [0, 0.05) is 6.04 Å². The molecule has 1 N–H and O–H groups in total. The SMILES string of the molecule is CC1CCC(NS(=O)(=O)C(C)C#N)C(C)C1. The number of nitrogens with zero attached hydrogens (tertiary/aromatic N) is 1. The second-order valence-electron chi connectivity index (χ2n) is 4.94. The summed E-state index contributed by atoms with van der Waals surface area (Å²) in [4.78, 5) is 0. The Morgan fingerprint density at radius 3 is 2.50 bits per heavy atom. The Labute approximate surface area is 98.1 Å². The van der Waals surface area contributed by atoms with Gasteiger partial charge in [0.2, 0.25) is 10.0 Å². The number of nitrogens with one attached hydrogen (secondary N) is 1. The molecule has 1 aliphatic rings. The average Bonchev–Trinajstić information content (AvgIpc) is 2.21. The maximum Gasteiger partial charge on any atom is 0.227 e. The van der Waals surface area contributed by atoms with Gasteiger partial charge in [-0.25, -0.2) is 13.1 Å². The van der Waals surface area contributed by atoms with Gasteiger partial charge in [-0.3, -0.25) is 0 Å². The normalized spacial score (nSPS) is 33.0. The Balaban J connectivity index is 2.65. The summed E-state index contributed by atoms with van der Waals surface area (Å²) in [5, 5.41) is 7.67. The lowest BCUT2D eigenvalue weighted by molar-refractivity contribution is 0.249. The summed E-state index contributed by atoms with van der Waals surface area (Å²) < 4.78 is 26.1. The van der Waals surface area contributed by atoms with Crippen LogP contribution in [-0.4, -0.2) is 19.7 Å². The van der Waals surface area contributed by atoms with Crippen LogP contribution in [0.5, 0.6) is 0 Å². The minimum atomic E-state index is -3.47. The molecule has 0 aliphatic heterocycles. The van der Waals surface area contributed by atoms with Crippen molar-refractivity contribution in [2.45, 2.75) is 51.3 Å². The molecule has 0 heterocycles. The van der Waals surface area contributed by atoms with E-state index in [2.05, 4.69) is 18.6 Å². The molecule has 0 spiro atoms. The monoisotopic (exact) mass is 244 g/mol. The number of sulfonamides is 1. The Hall–Kier alpha value is -0.600. The molecule has 4 atom stereocenters. The molecule has 1 aliphatic carbocycles. The van der Waals surface area contributed by atoms with Gasteiger partial charge in [-0.15, -0.1) is 0 Å². The zero-order valence-electron chi connectivity index (χ0n) is 10.1. The molecule has 0 aromatic carbocycles. The van der Waals surface area contributed by atoms with Crippen LogP contribution < -0.4 is 4.72 Å². The van der Waals surface area contributed by atoms with Crippen LogP contribution >= 0.6 is 0 Å². The van der Waals surface area contributed by atoms with Crippen molar-refractivity contribution < 1.29 is 8.42 Å². The van der Waals surface area contributed by atoms with E-state index in [4.69, 9.17) is 5.26 Å². The fourth-order valence-electron chi connectivity index (χ4n) is 2.22. The van der Waals surface area contributed by atoms with E-state index >= 15 is 0 Å². The van der Waals surface area contributed by atoms with Gasteiger partial charge < -0.3 is 0 Å². The van der Waals surface area contributed by atoms with E-state index in [0.717, 1.165) is 19.3 Å². The first-order valence-corrected chi connectivity index (χ1v) is 7.32. The first kappa shape index (κ1) is 13.5. The average molecular weight is 244 g/mol. The summed E-state index contributed by atoms with van der Waals surface area (Å²) in [5.41, 5.74) is 0. The van der Waals surface area contributed by atoms with Crippen LogP contribution in [0.1, 0.15) is 40.0 Å². The van der Waals surface area contributed by atoms with Gasteiger partial charge in [0.05, 0.1) is 6.07 Å². The van der Waals surface area contributed by atoms with Crippen molar-refractivity contribution in [3.05, 3.63) is 0 Å². The Kier molecular flexibility index (Phi) is 4.34. The quantitative estimate of drug-likeness (QED) is 0.820. The van der Waals surface area contributed by atoms with Crippen LogP contribution in [0.15, 0.2) is 0 Å². The molecular formula is C11H20N2O2S. The van der Waals surface area contributed by atoms with Crippen LogP contribution in [0.4, 0.5) is 0 Å². The fraction of sp³-hybridized carbons (Fsp3) is 0.909. The van der Waals surface area contributed by atoms with Gasteiger partial charge in [-0.2, -0.15) is 5.26 Å². The van der Waals surface area contributed by atoms with Crippen molar-refractivity contribution in [1.29, 1.82) is 5.26 Å². The van der Waals surface area contributed by atoms with Crippen LogP contribution in [0.3, 0.4) is 0 Å². The Morgan fingerprint density at radius 1 is 1.38 bits per heavy atom. The third-order valence-electron chi connectivity index (χ3n) is 3.39. The summed E-state index contributed by atoms with van der Waals surface area (Å²) in [6.07, 6.45) is 2.98. The van der Waals surface area contributed by atoms with Crippen LogP contribution in [0, 0.1) is 23.2 Å². The zero-order chi connectivity index (χ0) is 12.3. The van der Waals surface area contributed by atoms with E-state index in [-0.39, 0.29) is 6.04 Å². The molecule has 0 aromatic heterocycles. The molecule has 0 aromatic rings. The number of hydrogen-bond acceptors (Lipinski definition) is 3. The van der Waals surface area contributed by atoms with E-state index in [1.165, 1.54) is 6.92 Å². The van der Waals surface area contributed by atoms with Crippen molar-refractivity contribution in [3.8, 4) is 6.07 Å². The van der Waals surface area contributed by atoms with E-state index < -0.39 is 15.3 Å². The third-order valence-corrected chi connectivity index (χ3v) is 5.06. The van der Waals surface area contributed by atoms with Crippen molar-refractivity contribution in [2.75, 3.05) is 0 Å². The standard InChI is InChI=1S/C11H20N2O2S/c1-8-4-5-11(9(2)6-8)13-16(14,15)10(3)7-12/h8-11,13H,4-6H2,1-3H3. The van der Waals surface area contributed by atoms with Crippen molar-refractivity contribution in [3.63, 3.8) is 0 Å². The third kappa shape index (κ3) is 3.19. The second kappa shape index (κ2) is 5.15.